The van der Waals surface area contributed by atoms with Crippen molar-refractivity contribution < 1.29 is 20.8 Å². The van der Waals surface area contributed by atoms with Gasteiger partial charge in [-0.25, -0.2) is 0 Å². The van der Waals surface area contributed by atoms with Crippen molar-refractivity contribution in [2.75, 3.05) is 27.6 Å². The van der Waals surface area contributed by atoms with Crippen LogP contribution in [0, 0.1) is 0 Å². The molecule has 1 aliphatic carbocycles. The molecule has 1 fully saturated rings. The Kier molecular flexibility index (Phi) is 3.58. The molecule has 2 rings (SSSR count). The number of likely N-dealkylation sites (N-methyl/N-ethyl adjacent to an activating group) is 1. The van der Waals surface area contributed by atoms with Crippen LogP contribution in [0.25, 0.3) is 0 Å². The molecular formula is C17H28ClNO2. The lowest BCUT2D eigenvalue weighted by atomic mass is 9.72. The lowest BCUT2D eigenvalue weighted by Gasteiger charge is -2.40. The third-order valence-electron chi connectivity index (χ3n) is 3.96. The average Bonchev–Trinajstić information content (AvgIpc) is 2.52. The molecule has 120 valence electrons. The van der Waals surface area contributed by atoms with Gasteiger partial charge in [0.1, 0.15) is 5.75 Å². The Bertz CT molecular complexity index is 643. The number of aliphatic hydroxyl groups is 1. The summed E-state index contributed by atoms with van der Waals surface area (Å²) >= 11 is 0. The first kappa shape index (κ1) is 9.39. The normalized spacial score (nSPS) is 26.4. The van der Waals surface area contributed by atoms with Gasteiger partial charge in [0.15, 0.2) is 0 Å². The largest absolute Gasteiger partial charge is 0.497 e. The van der Waals surface area contributed by atoms with E-state index in [9.17, 15) is 5.11 Å². The Morgan fingerprint density at radius 1 is 1.29 bits per heavy atom. The molecule has 1 aromatic rings. The predicted octanol–water partition coefficient (Wildman–Crippen LogP) is 3.46. The van der Waals surface area contributed by atoms with E-state index < -0.39 is 32.0 Å². The summed E-state index contributed by atoms with van der Waals surface area (Å²) < 4.78 is 68.3. The van der Waals surface area contributed by atoms with Crippen LogP contribution in [0.1, 0.15) is 54.6 Å². The van der Waals surface area contributed by atoms with E-state index in [0.29, 0.717) is 24.2 Å². The molecular weight excluding hydrogens is 286 g/mol. The Labute approximate surface area is 146 Å². The number of methoxy groups -OCH3 is 1. The van der Waals surface area contributed by atoms with Crippen LogP contribution < -0.4 is 4.74 Å². The van der Waals surface area contributed by atoms with Crippen LogP contribution in [0.2, 0.25) is 0 Å². The summed E-state index contributed by atoms with van der Waals surface area (Å²) in [5.41, 5.74) is -1.24. The van der Waals surface area contributed by atoms with Crippen LogP contribution in [0.15, 0.2) is 24.3 Å². The van der Waals surface area contributed by atoms with Crippen molar-refractivity contribution >= 4 is 12.4 Å². The van der Waals surface area contributed by atoms with Gasteiger partial charge in [0, 0.05) is 23.4 Å². The van der Waals surface area contributed by atoms with Crippen molar-refractivity contribution in [2.45, 2.75) is 43.6 Å². The van der Waals surface area contributed by atoms with Gasteiger partial charge < -0.3 is 14.7 Å². The molecule has 1 aliphatic rings. The molecule has 0 bridgehead atoms. The van der Waals surface area contributed by atoms with Gasteiger partial charge in [-0.3, -0.25) is 0 Å². The summed E-state index contributed by atoms with van der Waals surface area (Å²) in [6.07, 6.45) is 2.71. The molecule has 1 saturated carbocycles. The SMILES string of the molecule is Cl.[2H]C([2H])([2H])N(C([2H])([2H])[2H])C([2H])([2H])C(c1ccc(OC)cc1)C1(O)CCCCC1. The Hall–Kier alpha value is -0.770. The first-order chi connectivity index (χ1) is 12.7. The molecule has 1 N–H and O–H groups in total. The molecule has 3 nitrogen and oxygen atoms in total. The molecule has 21 heavy (non-hydrogen) atoms. The topological polar surface area (TPSA) is 32.7 Å². The minimum absolute atomic E-state index is 0. The van der Waals surface area contributed by atoms with Gasteiger partial charge in [-0.15, -0.1) is 12.4 Å². The van der Waals surface area contributed by atoms with Gasteiger partial charge in [-0.1, -0.05) is 31.4 Å². The molecule has 1 atom stereocenters. The number of rotatable bonds is 5. The van der Waals surface area contributed by atoms with Crippen molar-refractivity contribution in [1.29, 1.82) is 0 Å². The van der Waals surface area contributed by atoms with Crippen molar-refractivity contribution in [2.24, 2.45) is 0 Å². The van der Waals surface area contributed by atoms with E-state index in [2.05, 4.69) is 0 Å². The van der Waals surface area contributed by atoms with E-state index in [-0.39, 0.29) is 30.1 Å². The highest BCUT2D eigenvalue weighted by molar-refractivity contribution is 5.85. The molecule has 0 radical (unpaired) electrons. The summed E-state index contributed by atoms with van der Waals surface area (Å²) in [4.78, 5) is -0.0610. The molecule has 0 amide bonds. The monoisotopic (exact) mass is 321 g/mol. The molecule has 0 aromatic heterocycles. The number of nitrogens with zero attached hydrogens (tertiary/aromatic N) is 1. The molecule has 1 aromatic carbocycles. The highest BCUT2D eigenvalue weighted by atomic mass is 35.5. The second kappa shape index (κ2) is 8.02. The average molecular weight is 322 g/mol. The molecule has 1 unspecified atom stereocenters. The van der Waals surface area contributed by atoms with Crippen LogP contribution in [-0.2, 0) is 0 Å². The van der Waals surface area contributed by atoms with E-state index in [4.69, 9.17) is 15.7 Å². The first-order valence-electron chi connectivity index (χ1n) is 10.9. The van der Waals surface area contributed by atoms with Gasteiger partial charge in [0.05, 0.1) is 12.7 Å². The predicted molar refractivity (Wildman–Crippen MR) is 89.6 cm³/mol. The van der Waals surface area contributed by atoms with Crippen LogP contribution in [0.3, 0.4) is 0 Å². The van der Waals surface area contributed by atoms with Gasteiger partial charge >= 0.3 is 0 Å². The van der Waals surface area contributed by atoms with Crippen molar-refractivity contribution in [3.05, 3.63) is 29.8 Å². The van der Waals surface area contributed by atoms with Crippen molar-refractivity contribution in [3.8, 4) is 5.75 Å². The molecule has 0 heterocycles. The Balaban J connectivity index is 0.00000420. The van der Waals surface area contributed by atoms with E-state index in [1.165, 1.54) is 7.11 Å². The summed E-state index contributed by atoms with van der Waals surface area (Å²) in [6, 6.07) is 6.26. The van der Waals surface area contributed by atoms with Crippen LogP contribution >= 0.6 is 12.4 Å². The maximum Gasteiger partial charge on any atom is 0.118 e. The molecule has 0 saturated heterocycles. The van der Waals surface area contributed by atoms with Crippen LogP contribution in [0.5, 0.6) is 5.75 Å². The second-order valence-corrected chi connectivity index (χ2v) is 5.33. The zero-order valence-electron chi connectivity index (χ0n) is 20.1. The zero-order valence-corrected chi connectivity index (χ0v) is 12.9. The van der Waals surface area contributed by atoms with Gasteiger partial charge in [0.2, 0.25) is 0 Å². The van der Waals surface area contributed by atoms with Gasteiger partial charge in [-0.2, -0.15) is 0 Å². The molecule has 0 aliphatic heterocycles. The lowest BCUT2D eigenvalue weighted by Crippen LogP contribution is -2.42. The minimum atomic E-state index is -3.22. The zero-order chi connectivity index (χ0) is 21.4. The summed E-state index contributed by atoms with van der Waals surface area (Å²) in [5.74, 6) is -0.853. The Morgan fingerprint density at radius 3 is 2.43 bits per heavy atom. The van der Waals surface area contributed by atoms with Crippen molar-refractivity contribution in [3.63, 3.8) is 0 Å². The second-order valence-electron chi connectivity index (χ2n) is 5.33. The number of benzene rings is 1. The van der Waals surface area contributed by atoms with Crippen molar-refractivity contribution in [1.82, 2.24) is 4.90 Å². The maximum atomic E-state index is 11.4. The van der Waals surface area contributed by atoms with Gasteiger partial charge in [0.25, 0.3) is 0 Å². The summed E-state index contributed by atoms with van der Waals surface area (Å²) in [7, 11) is 1.48. The smallest absolute Gasteiger partial charge is 0.118 e. The highest BCUT2D eigenvalue weighted by Crippen LogP contribution is 2.40. The van der Waals surface area contributed by atoms with E-state index in [1.54, 1.807) is 24.3 Å². The van der Waals surface area contributed by atoms with Crippen LogP contribution in [-0.4, -0.2) is 43.2 Å². The fourth-order valence-corrected chi connectivity index (χ4v) is 2.88. The number of hydrogen-bond acceptors (Lipinski definition) is 3. The maximum absolute atomic E-state index is 11.4. The standard InChI is InChI=1S/C17H27NO2.ClH/c1-18(2)13-16(17(19)11-5-4-6-12-17)14-7-9-15(20-3)10-8-14;/h7-10,16,19H,4-6,11-13H2,1-3H3;1H/i1D3,2D3,13D2;. The summed E-state index contributed by atoms with van der Waals surface area (Å²) in [6.45, 7) is -9.30. The fraction of sp³-hybridized carbons (Fsp3) is 0.647. The minimum Gasteiger partial charge on any atom is -0.497 e. The molecule has 0 spiro atoms. The summed E-state index contributed by atoms with van der Waals surface area (Å²) in [5, 5.41) is 11.4. The fourth-order valence-electron chi connectivity index (χ4n) is 2.88. The number of halogens is 1. The number of ether oxygens (including phenoxy) is 1. The van der Waals surface area contributed by atoms with Gasteiger partial charge in [-0.05, 0) is 44.5 Å². The third-order valence-corrected chi connectivity index (χ3v) is 3.96. The number of hydrogen-bond donors (Lipinski definition) is 1. The lowest BCUT2D eigenvalue weighted by molar-refractivity contribution is -0.0277. The van der Waals surface area contributed by atoms with E-state index >= 15 is 0 Å². The highest BCUT2D eigenvalue weighted by Gasteiger charge is 2.38. The quantitative estimate of drug-likeness (QED) is 0.901. The van der Waals surface area contributed by atoms with E-state index in [0.717, 1.165) is 6.42 Å². The first-order valence-corrected chi connectivity index (χ1v) is 6.90. The van der Waals surface area contributed by atoms with E-state index in [1.807, 2.05) is 0 Å². The molecule has 4 heteroatoms. The van der Waals surface area contributed by atoms with Crippen LogP contribution in [0.4, 0.5) is 0 Å². The third kappa shape index (κ3) is 4.60. The Morgan fingerprint density at radius 2 is 1.90 bits per heavy atom.